The molecule has 140 valence electrons. The molecule has 0 spiro atoms. The SMILES string of the molecule is CCOC(=O)[C@@](NC(=O)[C@@H](C)CC)(Nc1cccc(Cl)c1)C(F)(F)F. The molecule has 0 aliphatic carbocycles. The summed E-state index contributed by atoms with van der Waals surface area (Å²) in [5, 5.41) is 4.00. The van der Waals surface area contributed by atoms with Crippen molar-refractivity contribution in [1.82, 2.24) is 5.32 Å². The number of amides is 1. The average Bonchev–Trinajstić information content (AvgIpc) is 2.52. The Balaban J connectivity index is 3.39. The van der Waals surface area contributed by atoms with Crippen molar-refractivity contribution in [3.63, 3.8) is 0 Å². The largest absolute Gasteiger partial charge is 0.463 e. The van der Waals surface area contributed by atoms with Gasteiger partial charge in [0.2, 0.25) is 5.91 Å². The highest BCUT2D eigenvalue weighted by Gasteiger charge is 2.63. The van der Waals surface area contributed by atoms with Crippen molar-refractivity contribution in [1.29, 1.82) is 0 Å². The zero-order chi connectivity index (χ0) is 19.3. The van der Waals surface area contributed by atoms with Crippen molar-refractivity contribution in [2.75, 3.05) is 11.9 Å². The molecule has 0 aliphatic heterocycles. The van der Waals surface area contributed by atoms with Crippen LogP contribution in [0.15, 0.2) is 24.3 Å². The third-order valence-electron chi connectivity index (χ3n) is 3.53. The van der Waals surface area contributed by atoms with Gasteiger partial charge in [-0.2, -0.15) is 13.2 Å². The van der Waals surface area contributed by atoms with Gasteiger partial charge in [0.1, 0.15) is 0 Å². The van der Waals surface area contributed by atoms with Crippen LogP contribution in [-0.4, -0.2) is 30.3 Å². The van der Waals surface area contributed by atoms with Crippen LogP contribution in [0.3, 0.4) is 0 Å². The van der Waals surface area contributed by atoms with Crippen LogP contribution in [0, 0.1) is 5.92 Å². The van der Waals surface area contributed by atoms with Crippen molar-refractivity contribution in [2.45, 2.75) is 39.0 Å². The van der Waals surface area contributed by atoms with Gasteiger partial charge in [-0.3, -0.25) is 4.79 Å². The van der Waals surface area contributed by atoms with Gasteiger partial charge in [0.25, 0.3) is 0 Å². The van der Waals surface area contributed by atoms with Crippen LogP contribution >= 0.6 is 11.6 Å². The highest BCUT2D eigenvalue weighted by atomic mass is 35.5. The monoisotopic (exact) mass is 380 g/mol. The number of ether oxygens (including phenoxy) is 1. The Morgan fingerprint density at radius 1 is 1.28 bits per heavy atom. The lowest BCUT2D eigenvalue weighted by molar-refractivity contribution is -0.208. The van der Waals surface area contributed by atoms with E-state index < -0.39 is 29.6 Å². The van der Waals surface area contributed by atoms with E-state index in [9.17, 15) is 22.8 Å². The van der Waals surface area contributed by atoms with Crippen molar-refractivity contribution in [3.05, 3.63) is 29.3 Å². The molecule has 1 aromatic carbocycles. The van der Waals surface area contributed by atoms with E-state index in [0.29, 0.717) is 6.42 Å². The van der Waals surface area contributed by atoms with Gasteiger partial charge in [0.05, 0.1) is 6.61 Å². The first-order chi connectivity index (χ1) is 11.6. The second-order valence-corrected chi connectivity index (χ2v) is 5.84. The van der Waals surface area contributed by atoms with Crippen molar-refractivity contribution < 1.29 is 27.5 Å². The summed E-state index contributed by atoms with van der Waals surface area (Å²) in [4.78, 5) is 24.3. The standard InChI is InChI=1S/C16H20ClF3N2O3/c1-4-10(3)13(23)22-15(16(18,19)20,14(24)25-5-2)21-12-8-6-7-11(17)9-12/h6-10,21H,4-5H2,1-3H3,(H,22,23)/t10-,15-/m0/s1. The van der Waals surface area contributed by atoms with E-state index >= 15 is 0 Å². The molecule has 0 aromatic heterocycles. The van der Waals surface area contributed by atoms with E-state index in [0.717, 1.165) is 0 Å². The Morgan fingerprint density at radius 3 is 2.40 bits per heavy atom. The van der Waals surface area contributed by atoms with Crippen LogP contribution in [0.2, 0.25) is 5.02 Å². The number of esters is 1. The highest BCUT2D eigenvalue weighted by Crippen LogP contribution is 2.34. The number of carbonyl (C=O) groups excluding carboxylic acids is 2. The maximum Gasteiger partial charge on any atom is 0.441 e. The summed E-state index contributed by atoms with van der Waals surface area (Å²) >= 11 is 5.78. The predicted octanol–water partition coefficient (Wildman–Crippen LogP) is 3.74. The molecule has 25 heavy (non-hydrogen) atoms. The first-order valence-corrected chi connectivity index (χ1v) is 8.04. The minimum atomic E-state index is -5.16. The molecule has 0 saturated heterocycles. The molecule has 9 heteroatoms. The maximum atomic E-state index is 13.9. The average molecular weight is 381 g/mol. The van der Waals surface area contributed by atoms with Gasteiger partial charge in [-0.25, -0.2) is 4.79 Å². The van der Waals surface area contributed by atoms with E-state index in [1.165, 1.54) is 38.1 Å². The predicted molar refractivity (Wildman–Crippen MR) is 88.1 cm³/mol. The highest BCUT2D eigenvalue weighted by molar-refractivity contribution is 6.30. The molecule has 0 fully saturated rings. The Bertz CT molecular complexity index is 625. The molecule has 0 unspecified atom stereocenters. The number of rotatable bonds is 7. The summed E-state index contributed by atoms with van der Waals surface area (Å²) in [6.45, 7) is 4.19. The summed E-state index contributed by atoms with van der Waals surface area (Å²) < 4.78 is 46.1. The lowest BCUT2D eigenvalue weighted by Crippen LogP contribution is -2.70. The topological polar surface area (TPSA) is 67.4 Å². The number of alkyl halides is 3. The number of hydrogen-bond acceptors (Lipinski definition) is 4. The van der Waals surface area contributed by atoms with Crippen LogP contribution in [0.1, 0.15) is 27.2 Å². The summed E-state index contributed by atoms with van der Waals surface area (Å²) in [6, 6.07) is 5.37. The number of nitrogens with one attached hydrogen (secondary N) is 2. The van der Waals surface area contributed by atoms with E-state index in [1.54, 1.807) is 12.2 Å². The van der Waals surface area contributed by atoms with Crippen molar-refractivity contribution in [3.8, 4) is 0 Å². The van der Waals surface area contributed by atoms with Gasteiger partial charge >= 0.3 is 17.8 Å². The maximum absolute atomic E-state index is 13.9. The molecule has 0 radical (unpaired) electrons. The quantitative estimate of drug-likeness (QED) is 0.558. The smallest absolute Gasteiger partial charge is 0.441 e. The second kappa shape index (κ2) is 8.42. The van der Waals surface area contributed by atoms with E-state index in [-0.39, 0.29) is 17.3 Å². The zero-order valence-corrected chi connectivity index (χ0v) is 14.8. The number of halogens is 4. The lowest BCUT2D eigenvalue weighted by atomic mass is 10.0. The van der Waals surface area contributed by atoms with Gasteiger partial charge in [-0.15, -0.1) is 0 Å². The van der Waals surface area contributed by atoms with Gasteiger partial charge in [0, 0.05) is 16.6 Å². The summed E-state index contributed by atoms with van der Waals surface area (Å²) in [5.41, 5.74) is -3.52. The minimum Gasteiger partial charge on any atom is -0.463 e. The van der Waals surface area contributed by atoms with Crippen LogP contribution < -0.4 is 10.6 Å². The zero-order valence-electron chi connectivity index (χ0n) is 14.0. The fourth-order valence-electron chi connectivity index (χ4n) is 1.91. The normalized spacial score (nSPS) is 15.0. The van der Waals surface area contributed by atoms with E-state index in [2.05, 4.69) is 10.1 Å². The molecule has 1 rings (SSSR count). The van der Waals surface area contributed by atoms with Crippen molar-refractivity contribution in [2.24, 2.45) is 5.92 Å². The van der Waals surface area contributed by atoms with Crippen LogP contribution in [-0.2, 0) is 14.3 Å². The van der Waals surface area contributed by atoms with Crippen LogP contribution in [0.5, 0.6) is 0 Å². The number of anilines is 1. The summed E-state index contributed by atoms with van der Waals surface area (Å²) in [5.74, 6) is -3.31. The molecule has 1 amide bonds. The molecular weight excluding hydrogens is 361 g/mol. The number of benzene rings is 1. The van der Waals surface area contributed by atoms with E-state index in [4.69, 9.17) is 11.6 Å². The number of hydrogen-bond donors (Lipinski definition) is 2. The molecular formula is C16H20ClF3N2O3. The molecule has 0 heterocycles. The first-order valence-electron chi connectivity index (χ1n) is 7.67. The number of carbonyl (C=O) groups is 2. The van der Waals surface area contributed by atoms with Gasteiger partial charge in [-0.1, -0.05) is 31.5 Å². The molecule has 2 atom stereocenters. The fraction of sp³-hybridized carbons (Fsp3) is 0.500. The van der Waals surface area contributed by atoms with Crippen LogP contribution in [0.4, 0.5) is 18.9 Å². The summed E-state index contributed by atoms with van der Waals surface area (Å²) in [6.07, 6.45) is -4.86. The van der Waals surface area contributed by atoms with Crippen LogP contribution in [0.25, 0.3) is 0 Å². The Kier molecular flexibility index (Phi) is 7.10. The van der Waals surface area contributed by atoms with E-state index in [1.807, 2.05) is 0 Å². The van der Waals surface area contributed by atoms with Gasteiger partial charge in [0.15, 0.2) is 0 Å². The second-order valence-electron chi connectivity index (χ2n) is 5.40. The molecule has 0 saturated carbocycles. The first kappa shape index (κ1) is 21.1. The Hall–Kier alpha value is -1.96. The Labute approximate surface area is 148 Å². The lowest BCUT2D eigenvalue weighted by Gasteiger charge is -2.36. The molecule has 0 bridgehead atoms. The third-order valence-corrected chi connectivity index (χ3v) is 3.77. The fourth-order valence-corrected chi connectivity index (χ4v) is 2.10. The van der Waals surface area contributed by atoms with Gasteiger partial charge in [-0.05, 0) is 31.5 Å². The van der Waals surface area contributed by atoms with Crippen molar-refractivity contribution >= 4 is 29.2 Å². The molecule has 2 N–H and O–H groups in total. The molecule has 0 aliphatic rings. The third kappa shape index (κ3) is 5.01. The minimum absolute atomic E-state index is 0.0951. The van der Waals surface area contributed by atoms with Gasteiger partial charge < -0.3 is 15.4 Å². The Morgan fingerprint density at radius 2 is 1.92 bits per heavy atom. The molecule has 1 aromatic rings. The summed E-state index contributed by atoms with van der Waals surface area (Å²) in [7, 11) is 0. The molecule has 5 nitrogen and oxygen atoms in total.